The molecule has 1 saturated heterocycles. The highest BCUT2D eigenvalue weighted by Gasteiger charge is 2.27. The van der Waals surface area contributed by atoms with Gasteiger partial charge in [0.05, 0.1) is 6.54 Å². The smallest absolute Gasteiger partial charge is 0.251 e. The van der Waals surface area contributed by atoms with Crippen molar-refractivity contribution in [1.29, 1.82) is 0 Å². The number of halogens is 1. The van der Waals surface area contributed by atoms with Crippen molar-refractivity contribution < 1.29 is 9.59 Å². The number of benzene rings is 1. The van der Waals surface area contributed by atoms with E-state index in [0.29, 0.717) is 18.7 Å². The van der Waals surface area contributed by atoms with E-state index < -0.39 is 0 Å². The van der Waals surface area contributed by atoms with Crippen molar-refractivity contribution in [1.82, 2.24) is 20.9 Å². The Hall–Kier alpha value is -1.84. The van der Waals surface area contributed by atoms with Gasteiger partial charge >= 0.3 is 0 Å². The van der Waals surface area contributed by atoms with Gasteiger partial charge in [0.1, 0.15) is 0 Å². The minimum absolute atomic E-state index is 0. The van der Waals surface area contributed by atoms with Gasteiger partial charge in [-0.25, -0.2) is 4.99 Å². The van der Waals surface area contributed by atoms with Crippen molar-refractivity contribution in [3.8, 4) is 0 Å². The summed E-state index contributed by atoms with van der Waals surface area (Å²) in [4.78, 5) is 31.0. The van der Waals surface area contributed by atoms with Gasteiger partial charge in [-0.05, 0) is 44.4 Å². The van der Waals surface area contributed by atoms with Crippen molar-refractivity contribution in [2.24, 2.45) is 10.9 Å². The number of hydrogen-bond acceptors (Lipinski definition) is 3. The molecule has 1 aliphatic rings. The third-order valence-electron chi connectivity index (χ3n) is 5.30. The van der Waals surface area contributed by atoms with Gasteiger partial charge in [-0.3, -0.25) is 9.59 Å². The fraction of sp³-hybridized carbons (Fsp3) is 0.609. The zero-order chi connectivity index (χ0) is 22.1. The quantitative estimate of drug-likeness (QED) is 0.267. The predicted octanol–water partition coefficient (Wildman–Crippen LogP) is 3.14. The summed E-state index contributed by atoms with van der Waals surface area (Å²) in [6, 6.07) is 7.94. The molecule has 1 aliphatic heterocycles. The summed E-state index contributed by atoms with van der Waals surface area (Å²) in [5.74, 6) is 0.940. The van der Waals surface area contributed by atoms with Gasteiger partial charge in [0.25, 0.3) is 5.91 Å². The Bertz CT molecular complexity index is 736. The largest absolute Gasteiger partial charge is 0.357 e. The molecule has 2 atom stereocenters. The van der Waals surface area contributed by atoms with Crippen LogP contribution >= 0.6 is 24.0 Å². The van der Waals surface area contributed by atoms with Gasteiger partial charge < -0.3 is 20.9 Å². The van der Waals surface area contributed by atoms with E-state index in [1.54, 1.807) is 0 Å². The van der Waals surface area contributed by atoms with Gasteiger partial charge in [0, 0.05) is 43.2 Å². The van der Waals surface area contributed by atoms with Crippen molar-refractivity contribution in [3.63, 3.8) is 0 Å². The number of rotatable bonds is 8. The van der Waals surface area contributed by atoms with E-state index in [1.807, 2.05) is 63.8 Å². The summed E-state index contributed by atoms with van der Waals surface area (Å²) in [7, 11) is 0. The Kier molecular flexibility index (Phi) is 11.9. The molecule has 1 aromatic rings. The van der Waals surface area contributed by atoms with E-state index >= 15 is 0 Å². The maximum absolute atomic E-state index is 12.2. The molecular formula is C23H38IN5O2. The van der Waals surface area contributed by atoms with Crippen LogP contribution in [-0.2, 0) is 11.3 Å². The summed E-state index contributed by atoms with van der Waals surface area (Å²) in [5, 5.41) is 9.70. The highest BCUT2D eigenvalue weighted by Crippen LogP contribution is 2.13. The van der Waals surface area contributed by atoms with E-state index in [-0.39, 0.29) is 53.8 Å². The molecule has 31 heavy (non-hydrogen) atoms. The van der Waals surface area contributed by atoms with Crippen LogP contribution in [0.1, 0.15) is 63.4 Å². The SMILES string of the molecule is CCNC(=NCc1ccc(C(=O)NC(C)CC)cc1)NC1CCN(C(=O)C(C)C)C1.I. The predicted molar refractivity (Wildman–Crippen MR) is 137 cm³/mol. The molecule has 2 unspecified atom stereocenters. The van der Waals surface area contributed by atoms with Crippen molar-refractivity contribution in [3.05, 3.63) is 35.4 Å². The molecule has 0 aromatic heterocycles. The van der Waals surface area contributed by atoms with Crippen LogP contribution < -0.4 is 16.0 Å². The number of nitrogens with zero attached hydrogens (tertiary/aromatic N) is 2. The maximum Gasteiger partial charge on any atom is 0.251 e. The van der Waals surface area contributed by atoms with Crippen LogP contribution in [0.5, 0.6) is 0 Å². The Labute approximate surface area is 203 Å². The first-order valence-electron chi connectivity index (χ1n) is 11.1. The molecule has 3 N–H and O–H groups in total. The van der Waals surface area contributed by atoms with Gasteiger partial charge in [0.2, 0.25) is 5.91 Å². The third kappa shape index (κ3) is 8.66. The van der Waals surface area contributed by atoms with Gasteiger partial charge in [-0.15, -0.1) is 24.0 Å². The summed E-state index contributed by atoms with van der Waals surface area (Å²) in [6.45, 7) is 12.7. The molecular weight excluding hydrogens is 505 g/mol. The highest BCUT2D eigenvalue weighted by atomic mass is 127. The summed E-state index contributed by atoms with van der Waals surface area (Å²) >= 11 is 0. The third-order valence-corrected chi connectivity index (χ3v) is 5.30. The molecule has 1 fully saturated rings. The van der Waals surface area contributed by atoms with Crippen LogP contribution in [0, 0.1) is 5.92 Å². The van der Waals surface area contributed by atoms with E-state index in [4.69, 9.17) is 0 Å². The second-order valence-corrected chi connectivity index (χ2v) is 8.24. The van der Waals surface area contributed by atoms with Crippen LogP contribution in [0.25, 0.3) is 0 Å². The lowest BCUT2D eigenvalue weighted by molar-refractivity contribution is -0.133. The van der Waals surface area contributed by atoms with Gasteiger partial charge in [-0.1, -0.05) is 32.9 Å². The summed E-state index contributed by atoms with van der Waals surface area (Å²) < 4.78 is 0. The molecule has 0 spiro atoms. The Morgan fingerprint density at radius 2 is 1.84 bits per heavy atom. The number of likely N-dealkylation sites (tertiary alicyclic amines) is 1. The fourth-order valence-corrected chi connectivity index (χ4v) is 3.30. The highest BCUT2D eigenvalue weighted by molar-refractivity contribution is 14.0. The molecule has 0 bridgehead atoms. The minimum Gasteiger partial charge on any atom is -0.357 e. The number of hydrogen-bond donors (Lipinski definition) is 3. The molecule has 1 heterocycles. The first kappa shape index (κ1) is 27.2. The standard InChI is InChI=1S/C23H37N5O2.HI/c1-6-17(5)26-21(29)19-10-8-18(9-11-19)14-25-23(24-7-2)27-20-12-13-28(15-20)22(30)16(3)4;/h8-11,16-17,20H,6-7,12-15H2,1-5H3,(H,26,29)(H2,24,25,27);1H. The van der Waals surface area contributed by atoms with Crippen molar-refractivity contribution in [2.75, 3.05) is 19.6 Å². The first-order valence-corrected chi connectivity index (χ1v) is 11.1. The first-order chi connectivity index (χ1) is 14.3. The van der Waals surface area contributed by atoms with Gasteiger partial charge in [0.15, 0.2) is 5.96 Å². The lowest BCUT2D eigenvalue weighted by atomic mass is 10.1. The molecule has 2 rings (SSSR count). The van der Waals surface area contributed by atoms with Crippen molar-refractivity contribution in [2.45, 2.75) is 66.1 Å². The summed E-state index contributed by atoms with van der Waals surface area (Å²) in [5.41, 5.74) is 1.70. The number of carbonyl (C=O) groups excluding carboxylic acids is 2. The number of amides is 2. The number of guanidine groups is 1. The molecule has 2 amide bonds. The maximum atomic E-state index is 12.2. The zero-order valence-corrected chi connectivity index (χ0v) is 21.7. The lowest BCUT2D eigenvalue weighted by Gasteiger charge is -2.20. The second kappa shape index (κ2) is 13.5. The van der Waals surface area contributed by atoms with Crippen LogP contribution in [0.4, 0.5) is 0 Å². The summed E-state index contributed by atoms with van der Waals surface area (Å²) in [6.07, 6.45) is 1.83. The molecule has 1 aromatic carbocycles. The van der Waals surface area contributed by atoms with Crippen LogP contribution in [0.3, 0.4) is 0 Å². The number of nitrogens with one attached hydrogen (secondary N) is 3. The monoisotopic (exact) mass is 543 g/mol. The van der Waals surface area contributed by atoms with E-state index in [1.165, 1.54) is 0 Å². The van der Waals surface area contributed by atoms with E-state index in [9.17, 15) is 9.59 Å². The Morgan fingerprint density at radius 3 is 2.42 bits per heavy atom. The Morgan fingerprint density at radius 1 is 1.16 bits per heavy atom. The average Bonchev–Trinajstić information content (AvgIpc) is 3.20. The topological polar surface area (TPSA) is 85.8 Å². The normalized spacial score (nSPS) is 17.2. The lowest BCUT2D eigenvalue weighted by Crippen LogP contribution is -2.45. The second-order valence-electron chi connectivity index (χ2n) is 8.24. The van der Waals surface area contributed by atoms with E-state index in [0.717, 1.165) is 37.5 Å². The van der Waals surface area contributed by atoms with Crippen LogP contribution in [0.2, 0.25) is 0 Å². The average molecular weight is 543 g/mol. The molecule has 8 heteroatoms. The fourth-order valence-electron chi connectivity index (χ4n) is 3.30. The molecule has 7 nitrogen and oxygen atoms in total. The molecule has 174 valence electrons. The Balaban J connectivity index is 0.00000480. The zero-order valence-electron chi connectivity index (χ0n) is 19.4. The number of aliphatic imine (C=N–C) groups is 1. The van der Waals surface area contributed by atoms with Crippen molar-refractivity contribution >= 4 is 41.8 Å². The molecule has 0 aliphatic carbocycles. The van der Waals surface area contributed by atoms with E-state index in [2.05, 4.69) is 20.9 Å². The van der Waals surface area contributed by atoms with Crippen LogP contribution in [0.15, 0.2) is 29.3 Å². The van der Waals surface area contributed by atoms with Gasteiger partial charge in [-0.2, -0.15) is 0 Å². The number of carbonyl (C=O) groups is 2. The van der Waals surface area contributed by atoms with Crippen LogP contribution in [-0.4, -0.2) is 54.4 Å². The minimum atomic E-state index is -0.0452. The molecule has 0 radical (unpaired) electrons. The molecule has 0 saturated carbocycles.